The van der Waals surface area contributed by atoms with Crippen molar-refractivity contribution in [3.05, 3.63) is 65.7 Å². The van der Waals surface area contributed by atoms with Gasteiger partial charge in [-0.3, -0.25) is 4.79 Å². The Morgan fingerprint density at radius 2 is 1.68 bits per heavy atom. The molecule has 2 aromatic carbocycles. The predicted octanol–water partition coefficient (Wildman–Crippen LogP) is 3.55. The third kappa shape index (κ3) is 5.60. The molecule has 0 radical (unpaired) electrons. The largest absolute Gasteiger partial charge is 0.384 e. The summed E-state index contributed by atoms with van der Waals surface area (Å²) in [6, 6.07) is 18.5. The van der Waals surface area contributed by atoms with E-state index in [2.05, 4.69) is 35.8 Å². The lowest BCUT2D eigenvalue weighted by Gasteiger charge is -2.09. The average molecular weight is 296 g/mol. The van der Waals surface area contributed by atoms with Crippen LogP contribution in [0.4, 0.5) is 5.69 Å². The average Bonchev–Trinajstić information content (AvgIpc) is 2.54. The topological polar surface area (TPSA) is 41.1 Å². The molecule has 0 aliphatic heterocycles. The number of hydrogen-bond donors (Lipinski definition) is 2. The van der Waals surface area contributed by atoms with Gasteiger partial charge in [0.2, 0.25) is 5.91 Å². The molecule has 2 rings (SSSR count). The Hall–Kier alpha value is -2.29. The molecule has 0 saturated heterocycles. The summed E-state index contributed by atoms with van der Waals surface area (Å²) in [5.41, 5.74) is 3.61. The zero-order chi connectivity index (χ0) is 15.6. The van der Waals surface area contributed by atoms with Crippen LogP contribution in [0.15, 0.2) is 54.6 Å². The van der Waals surface area contributed by atoms with Crippen LogP contribution in [-0.4, -0.2) is 19.0 Å². The first-order valence-corrected chi connectivity index (χ1v) is 7.86. The molecule has 1 amide bonds. The summed E-state index contributed by atoms with van der Waals surface area (Å²) < 4.78 is 0. The monoisotopic (exact) mass is 296 g/mol. The summed E-state index contributed by atoms with van der Waals surface area (Å²) >= 11 is 0. The van der Waals surface area contributed by atoms with Gasteiger partial charge >= 0.3 is 0 Å². The smallest absolute Gasteiger partial charge is 0.221 e. The molecule has 2 N–H and O–H groups in total. The first kappa shape index (κ1) is 16.1. The third-order valence-corrected chi connectivity index (χ3v) is 3.62. The van der Waals surface area contributed by atoms with Crippen molar-refractivity contribution < 1.29 is 4.79 Å². The highest BCUT2D eigenvalue weighted by molar-refractivity contribution is 5.76. The van der Waals surface area contributed by atoms with Crippen molar-refractivity contribution in [3.8, 4) is 0 Å². The summed E-state index contributed by atoms with van der Waals surface area (Å²) in [5, 5.41) is 6.27. The first-order chi connectivity index (χ1) is 10.8. The molecule has 0 saturated carbocycles. The van der Waals surface area contributed by atoms with E-state index in [4.69, 9.17) is 0 Å². The number of para-hydroxylation sites is 1. The number of amides is 1. The zero-order valence-electron chi connectivity index (χ0n) is 13.1. The number of benzene rings is 2. The van der Waals surface area contributed by atoms with Gasteiger partial charge in [-0.05, 0) is 37.0 Å². The minimum Gasteiger partial charge on any atom is -0.384 e. The molecular weight excluding hydrogens is 272 g/mol. The Labute approximate surface area is 132 Å². The minimum atomic E-state index is 0.106. The lowest BCUT2D eigenvalue weighted by Crippen LogP contribution is -2.26. The van der Waals surface area contributed by atoms with Crippen LogP contribution in [0, 0.1) is 6.92 Å². The highest BCUT2D eigenvalue weighted by Crippen LogP contribution is 2.12. The number of anilines is 1. The van der Waals surface area contributed by atoms with Crippen molar-refractivity contribution >= 4 is 11.6 Å². The Morgan fingerprint density at radius 1 is 0.955 bits per heavy atom. The molecule has 0 aliphatic rings. The number of carbonyl (C=O) groups is 1. The highest BCUT2D eigenvalue weighted by Gasteiger charge is 2.01. The molecule has 0 aromatic heterocycles. The SMILES string of the molecule is Cc1ccccc1NCCC(=O)NCCCc1ccccc1. The van der Waals surface area contributed by atoms with Crippen LogP contribution in [0.5, 0.6) is 0 Å². The van der Waals surface area contributed by atoms with Crippen molar-refractivity contribution in [2.75, 3.05) is 18.4 Å². The van der Waals surface area contributed by atoms with Gasteiger partial charge in [0, 0.05) is 25.2 Å². The predicted molar refractivity (Wildman–Crippen MR) is 92.1 cm³/mol. The van der Waals surface area contributed by atoms with E-state index >= 15 is 0 Å². The van der Waals surface area contributed by atoms with E-state index in [-0.39, 0.29) is 5.91 Å². The van der Waals surface area contributed by atoms with E-state index in [9.17, 15) is 4.79 Å². The second-order valence-corrected chi connectivity index (χ2v) is 5.43. The number of carbonyl (C=O) groups excluding carboxylic acids is 1. The molecule has 0 atom stereocenters. The maximum atomic E-state index is 11.8. The summed E-state index contributed by atoms with van der Waals surface area (Å²) in [7, 11) is 0. The van der Waals surface area contributed by atoms with E-state index < -0.39 is 0 Å². The third-order valence-electron chi connectivity index (χ3n) is 3.62. The highest BCUT2D eigenvalue weighted by atomic mass is 16.1. The summed E-state index contributed by atoms with van der Waals surface area (Å²) in [5.74, 6) is 0.106. The Bertz CT molecular complexity index is 581. The van der Waals surface area contributed by atoms with E-state index in [1.807, 2.05) is 36.4 Å². The van der Waals surface area contributed by atoms with Crippen LogP contribution in [0.3, 0.4) is 0 Å². The van der Waals surface area contributed by atoms with Crippen molar-refractivity contribution in [2.45, 2.75) is 26.2 Å². The fourth-order valence-corrected chi connectivity index (χ4v) is 2.34. The van der Waals surface area contributed by atoms with E-state index in [0.29, 0.717) is 13.0 Å². The van der Waals surface area contributed by atoms with Crippen LogP contribution in [-0.2, 0) is 11.2 Å². The van der Waals surface area contributed by atoms with Crippen LogP contribution in [0.2, 0.25) is 0 Å². The fourth-order valence-electron chi connectivity index (χ4n) is 2.34. The van der Waals surface area contributed by atoms with E-state index in [0.717, 1.165) is 25.1 Å². The van der Waals surface area contributed by atoms with Gasteiger partial charge in [0.1, 0.15) is 0 Å². The number of hydrogen-bond acceptors (Lipinski definition) is 2. The van der Waals surface area contributed by atoms with Gasteiger partial charge < -0.3 is 10.6 Å². The summed E-state index contributed by atoms with van der Waals surface area (Å²) in [6.45, 7) is 3.46. The molecule has 22 heavy (non-hydrogen) atoms. The standard InChI is InChI=1S/C19H24N2O/c1-16-8-5-6-12-18(16)20-15-13-19(22)21-14-7-11-17-9-3-2-4-10-17/h2-6,8-10,12,20H,7,11,13-15H2,1H3,(H,21,22). The summed E-state index contributed by atoms with van der Waals surface area (Å²) in [6.07, 6.45) is 2.48. The quantitative estimate of drug-likeness (QED) is 0.732. The Morgan fingerprint density at radius 3 is 2.45 bits per heavy atom. The Kier molecular flexibility index (Phi) is 6.49. The molecule has 116 valence electrons. The van der Waals surface area contributed by atoms with Crippen LogP contribution >= 0.6 is 0 Å². The van der Waals surface area contributed by atoms with Gasteiger partial charge in [0.15, 0.2) is 0 Å². The zero-order valence-corrected chi connectivity index (χ0v) is 13.1. The summed E-state index contributed by atoms with van der Waals surface area (Å²) in [4.78, 5) is 11.8. The van der Waals surface area contributed by atoms with Crippen LogP contribution in [0.1, 0.15) is 24.0 Å². The van der Waals surface area contributed by atoms with Crippen molar-refractivity contribution in [1.29, 1.82) is 0 Å². The molecule has 2 aromatic rings. The molecule has 0 heterocycles. The van der Waals surface area contributed by atoms with Gasteiger partial charge in [-0.2, -0.15) is 0 Å². The maximum absolute atomic E-state index is 11.8. The van der Waals surface area contributed by atoms with E-state index in [1.165, 1.54) is 11.1 Å². The second-order valence-electron chi connectivity index (χ2n) is 5.43. The van der Waals surface area contributed by atoms with Gasteiger partial charge in [-0.15, -0.1) is 0 Å². The van der Waals surface area contributed by atoms with Crippen molar-refractivity contribution in [1.82, 2.24) is 5.32 Å². The number of rotatable bonds is 8. The molecule has 0 fully saturated rings. The minimum absolute atomic E-state index is 0.106. The first-order valence-electron chi connectivity index (χ1n) is 7.86. The lowest BCUT2D eigenvalue weighted by molar-refractivity contribution is -0.120. The molecule has 3 heteroatoms. The molecule has 0 unspecified atom stereocenters. The van der Waals surface area contributed by atoms with Crippen molar-refractivity contribution in [2.24, 2.45) is 0 Å². The molecule has 0 spiro atoms. The van der Waals surface area contributed by atoms with Gasteiger partial charge in [0.05, 0.1) is 0 Å². The fraction of sp³-hybridized carbons (Fsp3) is 0.316. The molecule has 0 aliphatic carbocycles. The van der Waals surface area contributed by atoms with Crippen LogP contribution in [0.25, 0.3) is 0 Å². The molecule has 3 nitrogen and oxygen atoms in total. The number of nitrogens with one attached hydrogen (secondary N) is 2. The Balaban J connectivity index is 1.57. The van der Waals surface area contributed by atoms with Gasteiger partial charge in [-0.25, -0.2) is 0 Å². The second kappa shape index (κ2) is 8.88. The number of aryl methyl sites for hydroxylation is 2. The van der Waals surface area contributed by atoms with Crippen molar-refractivity contribution in [3.63, 3.8) is 0 Å². The van der Waals surface area contributed by atoms with Crippen LogP contribution < -0.4 is 10.6 Å². The molecular formula is C19H24N2O. The molecule has 0 bridgehead atoms. The van der Waals surface area contributed by atoms with Gasteiger partial charge in [-0.1, -0.05) is 48.5 Å². The lowest BCUT2D eigenvalue weighted by atomic mass is 10.1. The maximum Gasteiger partial charge on any atom is 0.221 e. The normalized spacial score (nSPS) is 10.2. The van der Waals surface area contributed by atoms with Gasteiger partial charge in [0.25, 0.3) is 0 Å². The van der Waals surface area contributed by atoms with E-state index in [1.54, 1.807) is 0 Å².